The molecule has 0 saturated carbocycles. The van der Waals surface area contributed by atoms with Gasteiger partial charge in [0.1, 0.15) is 0 Å². The SMILES string of the molecule is C/C=C\C(=N)SCc1ccccc1. The number of rotatable bonds is 3. The quantitative estimate of drug-likeness (QED) is 0.574. The number of hydrogen-bond donors (Lipinski definition) is 1. The zero-order valence-electron chi connectivity index (χ0n) is 7.66. The average Bonchev–Trinajstić information content (AvgIpc) is 2.17. The van der Waals surface area contributed by atoms with Crippen LogP contribution in [-0.2, 0) is 5.75 Å². The van der Waals surface area contributed by atoms with Gasteiger partial charge in [-0.3, -0.25) is 5.41 Å². The van der Waals surface area contributed by atoms with Gasteiger partial charge >= 0.3 is 0 Å². The molecular formula is C11H13NS. The van der Waals surface area contributed by atoms with Crippen LogP contribution in [0.3, 0.4) is 0 Å². The van der Waals surface area contributed by atoms with Crippen LogP contribution < -0.4 is 0 Å². The molecule has 2 heteroatoms. The first-order valence-corrected chi connectivity index (χ1v) is 5.19. The Morgan fingerprint density at radius 1 is 1.38 bits per heavy atom. The lowest BCUT2D eigenvalue weighted by atomic mass is 10.2. The van der Waals surface area contributed by atoms with Crippen molar-refractivity contribution in [1.82, 2.24) is 0 Å². The van der Waals surface area contributed by atoms with Crippen molar-refractivity contribution in [3.05, 3.63) is 48.0 Å². The lowest BCUT2D eigenvalue weighted by molar-refractivity contribution is 1.42. The van der Waals surface area contributed by atoms with Crippen molar-refractivity contribution in [2.75, 3.05) is 0 Å². The molecule has 0 atom stereocenters. The van der Waals surface area contributed by atoms with Gasteiger partial charge in [-0.05, 0) is 18.6 Å². The first-order chi connectivity index (χ1) is 6.33. The van der Waals surface area contributed by atoms with Crippen LogP contribution >= 0.6 is 11.8 Å². The van der Waals surface area contributed by atoms with E-state index in [1.807, 2.05) is 37.3 Å². The normalized spacial score (nSPS) is 10.5. The maximum Gasteiger partial charge on any atom is 0.0869 e. The van der Waals surface area contributed by atoms with Crippen molar-refractivity contribution < 1.29 is 0 Å². The predicted molar refractivity (Wildman–Crippen MR) is 60.3 cm³/mol. The summed E-state index contributed by atoms with van der Waals surface area (Å²) in [6.07, 6.45) is 3.70. The Bertz CT molecular complexity index is 290. The van der Waals surface area contributed by atoms with Gasteiger partial charge in [-0.15, -0.1) is 11.8 Å². The van der Waals surface area contributed by atoms with Crippen LogP contribution in [0.5, 0.6) is 0 Å². The van der Waals surface area contributed by atoms with E-state index in [9.17, 15) is 0 Å². The Balaban J connectivity index is 2.40. The van der Waals surface area contributed by atoms with Gasteiger partial charge in [-0.25, -0.2) is 0 Å². The van der Waals surface area contributed by atoms with E-state index in [1.165, 1.54) is 5.56 Å². The second kappa shape index (κ2) is 5.60. The van der Waals surface area contributed by atoms with Crippen LogP contribution in [0.4, 0.5) is 0 Å². The monoisotopic (exact) mass is 191 g/mol. The van der Waals surface area contributed by atoms with Crippen LogP contribution in [-0.4, -0.2) is 5.04 Å². The minimum atomic E-state index is 0.617. The molecule has 0 radical (unpaired) electrons. The van der Waals surface area contributed by atoms with Gasteiger partial charge in [0.25, 0.3) is 0 Å². The van der Waals surface area contributed by atoms with Crippen LogP contribution in [0.1, 0.15) is 12.5 Å². The number of thioether (sulfide) groups is 1. The van der Waals surface area contributed by atoms with Crippen LogP contribution in [0.25, 0.3) is 0 Å². The highest BCUT2D eigenvalue weighted by Crippen LogP contribution is 2.12. The summed E-state index contributed by atoms with van der Waals surface area (Å²) < 4.78 is 0. The second-order valence-electron chi connectivity index (χ2n) is 2.64. The summed E-state index contributed by atoms with van der Waals surface area (Å²) in [5.74, 6) is 0.879. The topological polar surface area (TPSA) is 23.9 Å². The Labute approximate surface area is 83.4 Å². The molecule has 1 aromatic rings. The van der Waals surface area contributed by atoms with Gasteiger partial charge < -0.3 is 0 Å². The van der Waals surface area contributed by atoms with E-state index in [1.54, 1.807) is 11.8 Å². The lowest BCUT2D eigenvalue weighted by Gasteiger charge is -1.98. The molecule has 0 aromatic heterocycles. The summed E-state index contributed by atoms with van der Waals surface area (Å²) >= 11 is 1.55. The smallest absolute Gasteiger partial charge is 0.0869 e. The van der Waals surface area contributed by atoms with Crippen LogP contribution in [0.15, 0.2) is 42.5 Å². The van der Waals surface area contributed by atoms with Crippen molar-refractivity contribution >= 4 is 16.8 Å². The van der Waals surface area contributed by atoms with Gasteiger partial charge in [0.15, 0.2) is 0 Å². The standard InChI is InChI=1S/C11H13NS/c1-2-6-11(12)13-9-10-7-4-3-5-8-10/h2-8,12H,9H2,1H3/b6-2-,12-11?. The lowest BCUT2D eigenvalue weighted by Crippen LogP contribution is -1.85. The van der Waals surface area contributed by atoms with Gasteiger partial charge in [-0.2, -0.15) is 0 Å². The highest BCUT2D eigenvalue weighted by molar-refractivity contribution is 8.13. The fraction of sp³-hybridized carbons (Fsp3) is 0.182. The van der Waals surface area contributed by atoms with E-state index in [0.717, 1.165) is 5.75 Å². The van der Waals surface area contributed by atoms with Gasteiger partial charge in [0, 0.05) is 5.75 Å². The Kier molecular flexibility index (Phi) is 4.33. The summed E-state index contributed by atoms with van der Waals surface area (Å²) in [6, 6.07) is 10.2. The number of hydrogen-bond acceptors (Lipinski definition) is 2. The molecule has 1 nitrogen and oxygen atoms in total. The second-order valence-corrected chi connectivity index (χ2v) is 3.66. The maximum absolute atomic E-state index is 7.51. The molecule has 1 rings (SSSR count). The average molecular weight is 191 g/mol. The molecule has 1 N–H and O–H groups in total. The summed E-state index contributed by atoms with van der Waals surface area (Å²) in [4.78, 5) is 0. The molecule has 0 aliphatic rings. The molecule has 0 spiro atoms. The van der Waals surface area contributed by atoms with Crippen molar-refractivity contribution in [3.8, 4) is 0 Å². The Hall–Kier alpha value is -1.02. The first-order valence-electron chi connectivity index (χ1n) is 4.21. The summed E-state index contributed by atoms with van der Waals surface area (Å²) in [7, 11) is 0. The third kappa shape index (κ3) is 3.95. The minimum absolute atomic E-state index is 0.617. The first kappa shape index (κ1) is 10.1. The molecule has 0 heterocycles. The van der Waals surface area contributed by atoms with Gasteiger partial charge in [0.2, 0.25) is 0 Å². The Morgan fingerprint density at radius 2 is 2.08 bits per heavy atom. The molecule has 0 fully saturated rings. The molecule has 0 saturated heterocycles. The van der Waals surface area contributed by atoms with Gasteiger partial charge in [-0.1, -0.05) is 36.4 Å². The molecule has 13 heavy (non-hydrogen) atoms. The molecule has 1 aromatic carbocycles. The van der Waals surface area contributed by atoms with E-state index >= 15 is 0 Å². The van der Waals surface area contributed by atoms with Gasteiger partial charge in [0.05, 0.1) is 5.04 Å². The van der Waals surface area contributed by atoms with E-state index in [2.05, 4.69) is 12.1 Å². The predicted octanol–water partition coefficient (Wildman–Crippen LogP) is 3.47. The molecule has 0 amide bonds. The van der Waals surface area contributed by atoms with Crippen molar-refractivity contribution in [3.63, 3.8) is 0 Å². The summed E-state index contributed by atoms with van der Waals surface area (Å²) in [5.41, 5.74) is 1.27. The van der Waals surface area contributed by atoms with Crippen molar-refractivity contribution in [1.29, 1.82) is 5.41 Å². The highest BCUT2D eigenvalue weighted by Gasteiger charge is 1.94. The highest BCUT2D eigenvalue weighted by atomic mass is 32.2. The molecular weight excluding hydrogens is 178 g/mol. The van der Waals surface area contributed by atoms with Crippen molar-refractivity contribution in [2.45, 2.75) is 12.7 Å². The fourth-order valence-corrected chi connectivity index (χ4v) is 1.68. The number of nitrogens with one attached hydrogen (secondary N) is 1. The minimum Gasteiger partial charge on any atom is -0.294 e. The zero-order valence-corrected chi connectivity index (χ0v) is 8.47. The maximum atomic E-state index is 7.51. The Morgan fingerprint density at radius 3 is 2.69 bits per heavy atom. The van der Waals surface area contributed by atoms with E-state index < -0.39 is 0 Å². The molecule has 0 unspecified atom stereocenters. The largest absolute Gasteiger partial charge is 0.294 e. The third-order valence-corrected chi connectivity index (χ3v) is 2.48. The summed E-state index contributed by atoms with van der Waals surface area (Å²) in [6.45, 7) is 1.93. The molecule has 68 valence electrons. The summed E-state index contributed by atoms with van der Waals surface area (Å²) in [5, 5.41) is 8.13. The molecule has 0 aliphatic carbocycles. The van der Waals surface area contributed by atoms with E-state index in [0.29, 0.717) is 5.04 Å². The van der Waals surface area contributed by atoms with Crippen LogP contribution in [0, 0.1) is 5.41 Å². The molecule has 0 bridgehead atoms. The third-order valence-electron chi connectivity index (χ3n) is 1.56. The van der Waals surface area contributed by atoms with E-state index in [-0.39, 0.29) is 0 Å². The zero-order chi connectivity index (χ0) is 9.52. The fourth-order valence-electron chi connectivity index (χ4n) is 0.935. The van der Waals surface area contributed by atoms with Crippen molar-refractivity contribution in [2.24, 2.45) is 0 Å². The van der Waals surface area contributed by atoms with Crippen LogP contribution in [0.2, 0.25) is 0 Å². The number of allylic oxidation sites excluding steroid dienone is 1. The molecule has 0 aliphatic heterocycles. The number of benzene rings is 1. The van der Waals surface area contributed by atoms with E-state index in [4.69, 9.17) is 5.41 Å².